The number of amides is 1. The van der Waals surface area contributed by atoms with Crippen molar-refractivity contribution in [1.82, 2.24) is 4.90 Å². The van der Waals surface area contributed by atoms with Crippen LogP contribution in [0.15, 0.2) is 71.9 Å². The Morgan fingerprint density at radius 2 is 1.68 bits per heavy atom. The Kier molecular flexibility index (Phi) is 7.67. The molecule has 1 atom stereocenters. The van der Waals surface area contributed by atoms with Crippen LogP contribution >= 0.6 is 0 Å². The van der Waals surface area contributed by atoms with Crippen LogP contribution in [0.3, 0.4) is 0 Å². The van der Waals surface area contributed by atoms with Gasteiger partial charge in [-0.2, -0.15) is 4.91 Å². The van der Waals surface area contributed by atoms with Gasteiger partial charge in [0, 0.05) is 24.9 Å². The van der Waals surface area contributed by atoms with E-state index >= 15 is 0 Å². The van der Waals surface area contributed by atoms with Gasteiger partial charge < -0.3 is 14.4 Å². The highest BCUT2D eigenvalue weighted by atomic mass is 16.5. The van der Waals surface area contributed by atoms with E-state index in [2.05, 4.69) is 25.9 Å². The Hall–Kier alpha value is -4.00. The molecule has 1 aliphatic heterocycles. The Morgan fingerprint density at radius 1 is 0.947 bits per heavy atom. The highest BCUT2D eigenvalue weighted by Gasteiger charge is 2.50. The summed E-state index contributed by atoms with van der Waals surface area (Å²) in [6.45, 7) is 6.48. The van der Waals surface area contributed by atoms with Crippen molar-refractivity contribution in [3.8, 4) is 5.75 Å². The van der Waals surface area contributed by atoms with E-state index in [0.717, 1.165) is 27.8 Å². The fraction of sp³-hybridized carbons (Fsp3) is 0.355. The number of benzene rings is 3. The standard InChI is InChI=1S/C31H34N2O5/c1-30(2,3)26-14-13-23(16-27(26)37-4)28(34)33-20-25-15-22(19-32-36)11-12-24(25)18-31(33,29(35)38-5)17-21-9-7-6-8-10-21/h6-16H,17-20H2,1-5H3. The second kappa shape index (κ2) is 10.8. The molecule has 198 valence electrons. The number of ether oxygens (including phenoxy) is 2. The fourth-order valence-corrected chi connectivity index (χ4v) is 5.31. The molecule has 7 heteroatoms. The lowest BCUT2D eigenvalue weighted by Gasteiger charge is -2.46. The molecule has 0 N–H and O–H groups in total. The van der Waals surface area contributed by atoms with E-state index in [4.69, 9.17) is 9.47 Å². The predicted octanol–water partition coefficient (Wildman–Crippen LogP) is 5.61. The Morgan fingerprint density at radius 3 is 2.32 bits per heavy atom. The van der Waals surface area contributed by atoms with Crippen molar-refractivity contribution in [2.24, 2.45) is 5.18 Å². The summed E-state index contributed by atoms with van der Waals surface area (Å²) in [7, 11) is 2.94. The fourth-order valence-electron chi connectivity index (χ4n) is 5.31. The molecule has 1 heterocycles. The third-order valence-electron chi connectivity index (χ3n) is 7.25. The van der Waals surface area contributed by atoms with E-state index in [1.165, 1.54) is 7.11 Å². The lowest BCUT2D eigenvalue weighted by molar-refractivity contribution is -0.154. The number of methoxy groups -OCH3 is 2. The molecular formula is C31H34N2O5. The number of hydrogen-bond acceptors (Lipinski definition) is 6. The second-order valence-corrected chi connectivity index (χ2v) is 10.8. The van der Waals surface area contributed by atoms with Crippen LogP contribution in [0, 0.1) is 4.91 Å². The van der Waals surface area contributed by atoms with Crippen molar-refractivity contribution in [3.05, 3.63) is 105 Å². The Labute approximate surface area is 223 Å². The minimum absolute atomic E-state index is 0.0405. The largest absolute Gasteiger partial charge is 0.496 e. The number of nitroso groups, excluding NO2 is 1. The smallest absolute Gasteiger partial charge is 0.332 e. The van der Waals surface area contributed by atoms with Crippen molar-refractivity contribution in [2.75, 3.05) is 14.2 Å². The average Bonchev–Trinajstić information content (AvgIpc) is 2.91. The first-order chi connectivity index (χ1) is 18.1. The maximum atomic E-state index is 14.3. The van der Waals surface area contributed by atoms with Crippen molar-refractivity contribution in [3.63, 3.8) is 0 Å². The average molecular weight is 515 g/mol. The zero-order valence-electron chi connectivity index (χ0n) is 22.6. The van der Waals surface area contributed by atoms with Gasteiger partial charge in [-0.3, -0.25) is 4.79 Å². The third kappa shape index (κ3) is 5.19. The van der Waals surface area contributed by atoms with Gasteiger partial charge in [-0.1, -0.05) is 80.5 Å². The normalized spacial score (nSPS) is 16.9. The summed E-state index contributed by atoms with van der Waals surface area (Å²) in [5.41, 5.74) is 3.46. The summed E-state index contributed by atoms with van der Waals surface area (Å²) < 4.78 is 11.0. The van der Waals surface area contributed by atoms with E-state index in [-0.39, 0.29) is 30.8 Å². The zero-order valence-corrected chi connectivity index (χ0v) is 22.6. The molecule has 1 aliphatic rings. The van der Waals surface area contributed by atoms with Gasteiger partial charge in [0.2, 0.25) is 0 Å². The number of carbonyl (C=O) groups excluding carboxylic acids is 2. The summed E-state index contributed by atoms with van der Waals surface area (Å²) >= 11 is 0. The highest BCUT2D eigenvalue weighted by Crippen LogP contribution is 2.38. The van der Waals surface area contributed by atoms with Crippen LogP contribution in [0.4, 0.5) is 0 Å². The van der Waals surface area contributed by atoms with Gasteiger partial charge in [-0.15, -0.1) is 0 Å². The maximum absolute atomic E-state index is 14.3. The lowest BCUT2D eigenvalue weighted by Crippen LogP contribution is -2.62. The van der Waals surface area contributed by atoms with Crippen molar-refractivity contribution >= 4 is 11.9 Å². The molecule has 0 radical (unpaired) electrons. The van der Waals surface area contributed by atoms with Crippen LogP contribution in [0.2, 0.25) is 0 Å². The molecular weight excluding hydrogens is 480 g/mol. The molecule has 0 aromatic heterocycles. The first kappa shape index (κ1) is 27.0. The van der Waals surface area contributed by atoms with Gasteiger partial charge >= 0.3 is 5.97 Å². The lowest BCUT2D eigenvalue weighted by atomic mass is 9.77. The number of hydrogen-bond donors (Lipinski definition) is 0. The van der Waals surface area contributed by atoms with Crippen LogP contribution in [0.5, 0.6) is 5.75 Å². The molecule has 0 saturated heterocycles. The molecule has 0 spiro atoms. The summed E-state index contributed by atoms with van der Waals surface area (Å²) in [4.78, 5) is 40.4. The summed E-state index contributed by atoms with van der Waals surface area (Å²) in [6.07, 6.45) is 0.572. The monoisotopic (exact) mass is 514 g/mol. The molecule has 1 unspecified atom stereocenters. The van der Waals surface area contributed by atoms with Crippen molar-refractivity contribution in [1.29, 1.82) is 0 Å². The Bertz CT molecular complexity index is 1350. The van der Waals surface area contributed by atoms with Gasteiger partial charge in [0.25, 0.3) is 5.91 Å². The first-order valence-corrected chi connectivity index (χ1v) is 12.7. The quantitative estimate of drug-likeness (QED) is 0.302. The number of fused-ring (bicyclic) bond motifs is 1. The van der Waals surface area contributed by atoms with Crippen LogP contribution in [-0.2, 0) is 40.9 Å². The van der Waals surface area contributed by atoms with Crippen LogP contribution in [0.25, 0.3) is 0 Å². The minimum Gasteiger partial charge on any atom is -0.496 e. The van der Waals surface area contributed by atoms with Gasteiger partial charge in [-0.05, 0) is 45.4 Å². The first-order valence-electron chi connectivity index (χ1n) is 12.7. The number of nitrogens with zero attached hydrogens (tertiary/aromatic N) is 2. The topological polar surface area (TPSA) is 85.3 Å². The molecule has 0 aliphatic carbocycles. The van der Waals surface area contributed by atoms with E-state index in [1.54, 1.807) is 24.1 Å². The van der Waals surface area contributed by atoms with Gasteiger partial charge in [0.15, 0.2) is 0 Å². The van der Waals surface area contributed by atoms with Crippen LogP contribution in [-0.4, -0.2) is 36.5 Å². The summed E-state index contributed by atoms with van der Waals surface area (Å²) in [6, 6.07) is 20.7. The highest BCUT2D eigenvalue weighted by molar-refractivity contribution is 5.99. The molecule has 4 rings (SSSR count). The summed E-state index contributed by atoms with van der Waals surface area (Å²) in [5, 5.41) is 3.01. The SMILES string of the molecule is COC(=O)C1(Cc2ccccc2)Cc2ccc(CN=O)cc2CN1C(=O)c1ccc(C(C)(C)C)c(OC)c1. The molecule has 3 aromatic carbocycles. The molecule has 1 amide bonds. The second-order valence-electron chi connectivity index (χ2n) is 10.8. The van der Waals surface area contributed by atoms with E-state index in [9.17, 15) is 14.5 Å². The van der Waals surface area contributed by atoms with Crippen LogP contribution in [0.1, 0.15) is 58.9 Å². The third-order valence-corrected chi connectivity index (χ3v) is 7.25. The van der Waals surface area contributed by atoms with E-state index in [1.807, 2.05) is 54.6 Å². The minimum atomic E-state index is -1.26. The van der Waals surface area contributed by atoms with Gasteiger partial charge in [0.1, 0.15) is 17.8 Å². The van der Waals surface area contributed by atoms with Crippen molar-refractivity contribution < 1.29 is 19.1 Å². The van der Waals surface area contributed by atoms with Gasteiger partial charge in [0.05, 0.1) is 14.2 Å². The molecule has 3 aromatic rings. The van der Waals surface area contributed by atoms with Crippen LogP contribution < -0.4 is 4.74 Å². The zero-order chi connectivity index (χ0) is 27.5. The van der Waals surface area contributed by atoms with E-state index in [0.29, 0.717) is 17.7 Å². The van der Waals surface area contributed by atoms with Gasteiger partial charge in [-0.25, -0.2) is 4.79 Å². The predicted molar refractivity (Wildman–Crippen MR) is 146 cm³/mol. The molecule has 38 heavy (non-hydrogen) atoms. The molecule has 7 nitrogen and oxygen atoms in total. The molecule has 0 bridgehead atoms. The molecule has 0 fully saturated rings. The van der Waals surface area contributed by atoms with E-state index < -0.39 is 11.5 Å². The number of carbonyl (C=O) groups is 2. The molecule has 0 saturated carbocycles. The summed E-state index contributed by atoms with van der Waals surface area (Å²) in [5.74, 6) is -0.154. The number of rotatable bonds is 7. The van der Waals surface area contributed by atoms with Crippen molar-refractivity contribution in [2.45, 2.75) is 57.7 Å². The number of esters is 1. The maximum Gasteiger partial charge on any atom is 0.332 e. The Balaban J connectivity index is 1.87.